The molecule has 0 N–H and O–H groups in total. The summed E-state index contributed by atoms with van der Waals surface area (Å²) < 4.78 is 17.0. The van der Waals surface area contributed by atoms with Crippen molar-refractivity contribution in [3.8, 4) is 0 Å². The van der Waals surface area contributed by atoms with E-state index in [1.165, 1.54) is 270 Å². The first-order chi connectivity index (χ1) is 41.0. The molecule has 83 heavy (non-hydrogen) atoms. The van der Waals surface area contributed by atoms with Crippen molar-refractivity contribution in [1.29, 1.82) is 0 Å². The fraction of sp³-hybridized carbons (Fsp3) is 0.831. The highest BCUT2D eigenvalue weighted by molar-refractivity contribution is 5.71. The zero-order valence-electron chi connectivity index (χ0n) is 55.7. The predicted octanol–water partition coefficient (Wildman–Crippen LogP) is 25.5. The van der Waals surface area contributed by atoms with Crippen LogP contribution in [0.1, 0.15) is 393 Å². The maximum Gasteiger partial charge on any atom is 0.306 e. The zero-order valence-corrected chi connectivity index (χ0v) is 55.7. The molecule has 0 fully saturated rings. The molecule has 1 unspecified atom stereocenters. The van der Waals surface area contributed by atoms with Crippen LogP contribution < -0.4 is 0 Å². The molecule has 0 saturated carbocycles. The molecule has 0 amide bonds. The summed E-state index contributed by atoms with van der Waals surface area (Å²) in [7, 11) is 0. The van der Waals surface area contributed by atoms with Crippen LogP contribution in [-0.4, -0.2) is 37.2 Å². The van der Waals surface area contributed by atoms with Gasteiger partial charge in [0.1, 0.15) is 13.2 Å². The maximum absolute atomic E-state index is 12.9. The number of rotatable bonds is 68. The summed E-state index contributed by atoms with van der Waals surface area (Å²) in [5, 5.41) is 0. The second kappa shape index (κ2) is 71.6. The first kappa shape index (κ1) is 80.1. The van der Waals surface area contributed by atoms with E-state index in [1.54, 1.807) is 0 Å². The smallest absolute Gasteiger partial charge is 0.306 e. The van der Waals surface area contributed by atoms with E-state index in [2.05, 4.69) is 81.5 Å². The van der Waals surface area contributed by atoms with Crippen molar-refractivity contribution in [3.63, 3.8) is 0 Å². The number of ether oxygens (including phenoxy) is 3. The second-order valence-corrected chi connectivity index (χ2v) is 24.9. The molecule has 0 radical (unpaired) electrons. The average Bonchev–Trinajstić information content (AvgIpc) is 3.49. The van der Waals surface area contributed by atoms with Crippen molar-refractivity contribution in [2.75, 3.05) is 13.2 Å². The molecule has 0 aliphatic rings. The van der Waals surface area contributed by atoms with E-state index in [-0.39, 0.29) is 31.1 Å². The van der Waals surface area contributed by atoms with Gasteiger partial charge in [0.2, 0.25) is 0 Å². The van der Waals surface area contributed by atoms with Gasteiger partial charge in [-0.1, -0.05) is 345 Å². The van der Waals surface area contributed by atoms with Gasteiger partial charge in [0.05, 0.1) is 0 Å². The fourth-order valence-corrected chi connectivity index (χ4v) is 11.0. The summed E-state index contributed by atoms with van der Waals surface area (Å²) in [6.45, 7) is 6.66. The number of esters is 3. The van der Waals surface area contributed by atoms with E-state index < -0.39 is 6.10 Å². The molecular formula is C77H140O6. The quantitative estimate of drug-likeness (QED) is 0.0261. The highest BCUT2D eigenvalue weighted by atomic mass is 16.6. The molecular weight excluding hydrogens is 1020 g/mol. The Morgan fingerprint density at radius 2 is 0.434 bits per heavy atom. The molecule has 0 spiro atoms. The summed E-state index contributed by atoms with van der Waals surface area (Å²) in [6, 6.07) is 0. The Labute approximate surface area is 517 Å². The lowest BCUT2D eigenvalue weighted by Crippen LogP contribution is -2.30. The lowest BCUT2D eigenvalue weighted by atomic mass is 10.0. The van der Waals surface area contributed by atoms with Crippen molar-refractivity contribution in [3.05, 3.63) is 60.8 Å². The average molecular weight is 1160 g/mol. The predicted molar refractivity (Wildman–Crippen MR) is 362 cm³/mol. The Kier molecular flexibility index (Phi) is 69.1. The number of hydrogen-bond donors (Lipinski definition) is 0. The molecule has 6 heteroatoms. The molecule has 1 atom stereocenters. The Morgan fingerprint density at radius 1 is 0.241 bits per heavy atom. The normalized spacial score (nSPS) is 12.4. The lowest BCUT2D eigenvalue weighted by Gasteiger charge is -2.18. The van der Waals surface area contributed by atoms with Gasteiger partial charge in [-0.25, -0.2) is 0 Å². The van der Waals surface area contributed by atoms with Crippen molar-refractivity contribution < 1.29 is 28.6 Å². The zero-order chi connectivity index (χ0) is 59.9. The van der Waals surface area contributed by atoms with E-state index in [0.29, 0.717) is 19.3 Å². The molecule has 0 aromatic carbocycles. The highest BCUT2D eigenvalue weighted by Gasteiger charge is 2.19. The molecule has 0 rings (SSSR count). The maximum atomic E-state index is 12.9. The molecule has 0 aromatic rings. The molecule has 0 aliphatic carbocycles. The number of carbonyl (C=O) groups is 3. The minimum absolute atomic E-state index is 0.0718. The Hall–Kier alpha value is -2.89. The molecule has 0 heterocycles. The number of unbranched alkanes of at least 4 members (excludes halogenated alkanes) is 47. The van der Waals surface area contributed by atoms with Gasteiger partial charge >= 0.3 is 17.9 Å². The minimum Gasteiger partial charge on any atom is -0.462 e. The lowest BCUT2D eigenvalue weighted by molar-refractivity contribution is -0.167. The van der Waals surface area contributed by atoms with Crippen LogP contribution in [0, 0.1) is 0 Å². The van der Waals surface area contributed by atoms with Gasteiger partial charge in [-0.05, 0) is 89.9 Å². The van der Waals surface area contributed by atoms with Crippen molar-refractivity contribution in [2.45, 2.75) is 399 Å². The third-order valence-corrected chi connectivity index (χ3v) is 16.5. The van der Waals surface area contributed by atoms with Gasteiger partial charge < -0.3 is 14.2 Å². The molecule has 0 saturated heterocycles. The Bertz CT molecular complexity index is 1470. The minimum atomic E-state index is -0.777. The van der Waals surface area contributed by atoms with E-state index >= 15 is 0 Å². The van der Waals surface area contributed by atoms with Gasteiger partial charge in [-0.15, -0.1) is 0 Å². The molecule has 0 bridgehead atoms. The van der Waals surface area contributed by atoms with Crippen LogP contribution in [0.4, 0.5) is 0 Å². The first-order valence-electron chi connectivity index (χ1n) is 36.8. The molecule has 0 aromatic heterocycles. The number of carbonyl (C=O) groups excluding carboxylic acids is 3. The SMILES string of the molecule is CCCCC/C=C\C/C=C\CCCCCCCCCC(=O)OC(COC(=O)CCCCCCCCCCCCCCCCC)COC(=O)CCCCCCCCCCCCCCCCCCCC/C=C\C/C=C\C/C=C\CCCCCCC. The van der Waals surface area contributed by atoms with Gasteiger partial charge in [-0.3, -0.25) is 14.4 Å². The summed E-state index contributed by atoms with van der Waals surface area (Å²) >= 11 is 0. The van der Waals surface area contributed by atoms with Gasteiger partial charge in [0.15, 0.2) is 6.10 Å². The summed E-state index contributed by atoms with van der Waals surface area (Å²) in [5.74, 6) is -0.853. The van der Waals surface area contributed by atoms with Crippen LogP contribution >= 0.6 is 0 Å². The van der Waals surface area contributed by atoms with Crippen LogP contribution in [0.15, 0.2) is 60.8 Å². The van der Waals surface area contributed by atoms with Crippen LogP contribution in [-0.2, 0) is 28.6 Å². The third-order valence-electron chi connectivity index (χ3n) is 16.5. The van der Waals surface area contributed by atoms with E-state index in [0.717, 1.165) is 83.5 Å². The summed E-state index contributed by atoms with van der Waals surface area (Å²) in [6.07, 6.45) is 92.6. The Balaban J connectivity index is 4.17. The van der Waals surface area contributed by atoms with Crippen LogP contribution in [0.2, 0.25) is 0 Å². The largest absolute Gasteiger partial charge is 0.462 e. The van der Waals surface area contributed by atoms with Crippen molar-refractivity contribution in [1.82, 2.24) is 0 Å². The Morgan fingerprint density at radius 3 is 0.699 bits per heavy atom. The molecule has 484 valence electrons. The monoisotopic (exact) mass is 1160 g/mol. The van der Waals surface area contributed by atoms with Crippen LogP contribution in [0.3, 0.4) is 0 Å². The number of hydrogen-bond acceptors (Lipinski definition) is 6. The summed E-state index contributed by atoms with van der Waals surface area (Å²) in [5.41, 5.74) is 0. The fourth-order valence-electron chi connectivity index (χ4n) is 11.0. The highest BCUT2D eigenvalue weighted by Crippen LogP contribution is 2.18. The first-order valence-corrected chi connectivity index (χ1v) is 36.8. The van der Waals surface area contributed by atoms with Crippen molar-refractivity contribution >= 4 is 17.9 Å². The van der Waals surface area contributed by atoms with Gasteiger partial charge in [0, 0.05) is 19.3 Å². The number of allylic oxidation sites excluding steroid dienone is 10. The molecule has 0 aliphatic heterocycles. The van der Waals surface area contributed by atoms with Gasteiger partial charge in [-0.2, -0.15) is 0 Å². The third kappa shape index (κ3) is 69.8. The molecule has 6 nitrogen and oxygen atoms in total. The van der Waals surface area contributed by atoms with E-state index in [4.69, 9.17) is 14.2 Å². The van der Waals surface area contributed by atoms with Crippen LogP contribution in [0.25, 0.3) is 0 Å². The van der Waals surface area contributed by atoms with Crippen molar-refractivity contribution in [2.24, 2.45) is 0 Å². The standard InChI is InChI=1S/C77H140O6/c1-4-7-10-13-16-19-22-25-28-30-31-32-33-34-35-36-37-38-39-40-41-42-43-44-45-47-49-52-55-58-61-64-67-70-76(79)82-73-74(72-81-75(78)69-66-63-60-57-54-51-48-27-24-21-18-15-12-9-6-3)83-77(80)71-68-65-62-59-56-53-50-46-29-26-23-20-17-14-11-8-5-2/h17,20,22,25-26,29-31,33-34,74H,4-16,18-19,21,23-24,27-28,32,35-73H2,1-3H3/b20-17-,25-22-,29-26-,31-30-,34-33-. The second-order valence-electron chi connectivity index (χ2n) is 24.9. The van der Waals surface area contributed by atoms with Crippen LogP contribution in [0.5, 0.6) is 0 Å². The topological polar surface area (TPSA) is 78.9 Å². The van der Waals surface area contributed by atoms with Gasteiger partial charge in [0.25, 0.3) is 0 Å². The van der Waals surface area contributed by atoms with E-state index in [1.807, 2.05) is 0 Å². The summed E-state index contributed by atoms with van der Waals surface area (Å²) in [4.78, 5) is 38.4. The van der Waals surface area contributed by atoms with E-state index in [9.17, 15) is 14.4 Å².